The van der Waals surface area contributed by atoms with E-state index in [0.717, 1.165) is 0 Å². The first-order valence-electron chi connectivity index (χ1n) is 4.39. The lowest BCUT2D eigenvalue weighted by atomic mass is 10.0. The van der Waals surface area contributed by atoms with Gasteiger partial charge in [0.25, 0.3) is 5.69 Å². The lowest BCUT2D eigenvalue weighted by Gasteiger charge is -2.07. The largest absolute Gasteiger partial charge is 0.330 e. The highest BCUT2D eigenvalue weighted by Gasteiger charge is 2.18. The van der Waals surface area contributed by atoms with E-state index in [0.29, 0.717) is 29.1 Å². The zero-order chi connectivity index (χ0) is 11.4. The molecule has 0 aromatic heterocycles. The number of rotatable bonds is 4. The number of nitro benzene ring substituents is 1. The normalized spacial score (nSPS) is 10.0. The summed E-state index contributed by atoms with van der Waals surface area (Å²) in [6.45, 7) is 4.14. The molecule has 0 aliphatic rings. The van der Waals surface area contributed by atoms with Crippen molar-refractivity contribution in [1.29, 1.82) is 0 Å². The third-order valence-electron chi connectivity index (χ3n) is 1.99. The maximum atomic E-state index is 10.8. The topological polar surface area (TPSA) is 69.2 Å². The van der Waals surface area contributed by atoms with E-state index in [4.69, 9.17) is 17.3 Å². The van der Waals surface area contributed by atoms with Crippen molar-refractivity contribution in [3.63, 3.8) is 0 Å². The van der Waals surface area contributed by atoms with E-state index < -0.39 is 4.92 Å². The molecule has 4 nitrogen and oxygen atoms in total. The van der Waals surface area contributed by atoms with Gasteiger partial charge in [-0.1, -0.05) is 24.2 Å². The molecule has 0 amide bonds. The molecule has 15 heavy (non-hydrogen) atoms. The third-order valence-corrected chi connectivity index (χ3v) is 2.30. The maximum absolute atomic E-state index is 10.8. The fraction of sp³-hybridized carbons (Fsp3) is 0.200. The van der Waals surface area contributed by atoms with Gasteiger partial charge in [-0.05, 0) is 24.6 Å². The van der Waals surface area contributed by atoms with Gasteiger partial charge in [0.05, 0.1) is 15.5 Å². The number of hydrogen-bond donors (Lipinski definition) is 1. The Morgan fingerprint density at radius 2 is 2.27 bits per heavy atom. The second-order valence-electron chi connectivity index (χ2n) is 3.03. The van der Waals surface area contributed by atoms with Crippen LogP contribution >= 0.6 is 11.6 Å². The van der Waals surface area contributed by atoms with Crippen LogP contribution < -0.4 is 5.73 Å². The maximum Gasteiger partial charge on any atom is 0.278 e. The van der Waals surface area contributed by atoms with Gasteiger partial charge < -0.3 is 5.73 Å². The number of nitrogens with zero attached hydrogens (tertiary/aromatic N) is 1. The quantitative estimate of drug-likeness (QED) is 0.634. The van der Waals surface area contributed by atoms with E-state index in [1.807, 2.05) is 0 Å². The van der Waals surface area contributed by atoms with Crippen LogP contribution in [0.5, 0.6) is 0 Å². The molecule has 0 fully saturated rings. The minimum Gasteiger partial charge on any atom is -0.330 e. The van der Waals surface area contributed by atoms with Gasteiger partial charge in [-0.15, -0.1) is 0 Å². The summed E-state index contributed by atoms with van der Waals surface area (Å²) in [6.07, 6.45) is 0.491. The summed E-state index contributed by atoms with van der Waals surface area (Å²) in [7, 11) is 0. The first kappa shape index (κ1) is 11.7. The molecular formula is C10H11ClN2O2. The van der Waals surface area contributed by atoms with Gasteiger partial charge in [-0.3, -0.25) is 10.1 Å². The molecule has 1 aromatic rings. The average Bonchev–Trinajstić information content (AvgIpc) is 2.17. The van der Waals surface area contributed by atoms with E-state index in [2.05, 4.69) is 6.58 Å². The molecule has 0 aliphatic heterocycles. The molecule has 80 valence electrons. The lowest BCUT2D eigenvalue weighted by Crippen LogP contribution is -2.02. The van der Waals surface area contributed by atoms with Crippen LogP contribution in [-0.4, -0.2) is 11.5 Å². The van der Waals surface area contributed by atoms with E-state index in [-0.39, 0.29) is 5.69 Å². The Bertz CT molecular complexity index is 404. The number of nitrogens with two attached hydrogens (primary N) is 1. The summed E-state index contributed by atoms with van der Waals surface area (Å²) >= 11 is 5.90. The predicted octanol–water partition coefficient (Wildman–Crippen LogP) is 2.61. The summed E-state index contributed by atoms with van der Waals surface area (Å²) < 4.78 is 0. The molecule has 0 aliphatic carbocycles. The SMILES string of the molecule is C=C(CCN)c1c(Cl)cccc1[N+](=O)[O-]. The van der Waals surface area contributed by atoms with Gasteiger partial charge in [-0.2, -0.15) is 0 Å². The van der Waals surface area contributed by atoms with Crippen molar-refractivity contribution >= 4 is 22.9 Å². The van der Waals surface area contributed by atoms with Crippen LogP contribution in [0.3, 0.4) is 0 Å². The number of halogens is 1. The third kappa shape index (κ3) is 2.55. The molecule has 0 saturated heterocycles. The van der Waals surface area contributed by atoms with Crippen molar-refractivity contribution in [3.8, 4) is 0 Å². The Morgan fingerprint density at radius 1 is 1.60 bits per heavy atom. The highest BCUT2D eigenvalue weighted by atomic mass is 35.5. The predicted molar refractivity (Wildman–Crippen MR) is 60.8 cm³/mol. The molecule has 0 atom stereocenters. The Balaban J connectivity index is 3.24. The van der Waals surface area contributed by atoms with E-state index in [9.17, 15) is 10.1 Å². The Kier molecular flexibility index (Phi) is 3.82. The van der Waals surface area contributed by atoms with Crippen molar-refractivity contribution < 1.29 is 4.92 Å². The monoisotopic (exact) mass is 226 g/mol. The van der Waals surface area contributed by atoms with Gasteiger partial charge in [0.15, 0.2) is 0 Å². The Labute approximate surface area is 92.5 Å². The van der Waals surface area contributed by atoms with Gasteiger partial charge in [0, 0.05) is 6.07 Å². The lowest BCUT2D eigenvalue weighted by molar-refractivity contribution is -0.385. The first-order chi connectivity index (χ1) is 7.07. The van der Waals surface area contributed by atoms with Crippen LogP contribution in [-0.2, 0) is 0 Å². The van der Waals surface area contributed by atoms with E-state index in [1.54, 1.807) is 12.1 Å². The van der Waals surface area contributed by atoms with Crippen LogP contribution in [0.25, 0.3) is 5.57 Å². The summed E-state index contributed by atoms with van der Waals surface area (Å²) in [5.74, 6) is 0. The molecular weight excluding hydrogens is 216 g/mol. The standard InChI is InChI=1S/C10H11ClN2O2/c1-7(5-6-12)10-8(11)3-2-4-9(10)13(14)15/h2-4H,1,5-6,12H2. The molecule has 0 spiro atoms. The summed E-state index contributed by atoms with van der Waals surface area (Å²) in [5.41, 5.74) is 6.32. The van der Waals surface area contributed by atoms with Crippen molar-refractivity contribution in [2.75, 3.05) is 6.54 Å². The van der Waals surface area contributed by atoms with Gasteiger partial charge in [0.2, 0.25) is 0 Å². The summed E-state index contributed by atoms with van der Waals surface area (Å²) in [4.78, 5) is 10.3. The molecule has 2 N–H and O–H groups in total. The average molecular weight is 227 g/mol. The van der Waals surface area contributed by atoms with E-state index >= 15 is 0 Å². The number of benzene rings is 1. The van der Waals surface area contributed by atoms with Crippen LogP contribution in [0.15, 0.2) is 24.8 Å². The van der Waals surface area contributed by atoms with Gasteiger partial charge in [0.1, 0.15) is 0 Å². The summed E-state index contributed by atoms with van der Waals surface area (Å²) in [6, 6.07) is 4.55. The number of hydrogen-bond acceptors (Lipinski definition) is 3. The fourth-order valence-corrected chi connectivity index (χ4v) is 1.62. The zero-order valence-electron chi connectivity index (χ0n) is 8.07. The molecule has 0 bridgehead atoms. The molecule has 0 heterocycles. The van der Waals surface area contributed by atoms with Crippen molar-refractivity contribution in [2.45, 2.75) is 6.42 Å². The van der Waals surface area contributed by atoms with Crippen molar-refractivity contribution in [3.05, 3.63) is 45.5 Å². The molecule has 5 heteroatoms. The number of nitro groups is 1. The smallest absolute Gasteiger partial charge is 0.278 e. The van der Waals surface area contributed by atoms with Crippen molar-refractivity contribution in [2.24, 2.45) is 5.73 Å². The molecule has 0 radical (unpaired) electrons. The van der Waals surface area contributed by atoms with Crippen LogP contribution in [0, 0.1) is 10.1 Å². The summed E-state index contributed by atoms with van der Waals surface area (Å²) in [5, 5.41) is 11.1. The highest BCUT2D eigenvalue weighted by Crippen LogP contribution is 2.32. The van der Waals surface area contributed by atoms with Crippen molar-refractivity contribution in [1.82, 2.24) is 0 Å². The Morgan fingerprint density at radius 3 is 2.80 bits per heavy atom. The van der Waals surface area contributed by atoms with Crippen LogP contribution in [0.2, 0.25) is 5.02 Å². The molecule has 1 aromatic carbocycles. The first-order valence-corrected chi connectivity index (χ1v) is 4.77. The fourth-order valence-electron chi connectivity index (χ4n) is 1.31. The highest BCUT2D eigenvalue weighted by molar-refractivity contribution is 6.32. The molecule has 0 unspecified atom stereocenters. The zero-order valence-corrected chi connectivity index (χ0v) is 8.83. The second-order valence-corrected chi connectivity index (χ2v) is 3.44. The van der Waals surface area contributed by atoms with Gasteiger partial charge >= 0.3 is 0 Å². The Hall–Kier alpha value is -1.39. The molecule has 1 rings (SSSR count). The second kappa shape index (κ2) is 4.91. The minimum absolute atomic E-state index is 0.0269. The van der Waals surface area contributed by atoms with Crippen LogP contribution in [0.1, 0.15) is 12.0 Å². The van der Waals surface area contributed by atoms with Gasteiger partial charge in [-0.25, -0.2) is 0 Å². The van der Waals surface area contributed by atoms with Crippen LogP contribution in [0.4, 0.5) is 5.69 Å². The van der Waals surface area contributed by atoms with E-state index in [1.165, 1.54) is 6.07 Å². The minimum atomic E-state index is -0.469. The molecule has 0 saturated carbocycles.